The number of nitrogens with one attached hydrogen (secondary N) is 1. The molecule has 0 fully saturated rings. The molecule has 118 valence electrons. The van der Waals surface area contributed by atoms with E-state index in [9.17, 15) is 19.1 Å². The fourth-order valence-electron chi connectivity index (χ4n) is 2.05. The van der Waals surface area contributed by atoms with Gasteiger partial charge >= 0.3 is 5.97 Å². The Morgan fingerprint density at radius 3 is 2.39 bits per heavy atom. The highest BCUT2D eigenvalue weighted by atomic mass is 19.1. The van der Waals surface area contributed by atoms with E-state index < -0.39 is 23.7 Å². The van der Waals surface area contributed by atoms with Gasteiger partial charge in [0.25, 0.3) is 0 Å². The minimum absolute atomic E-state index is 0.176. The van der Waals surface area contributed by atoms with Crippen LogP contribution in [0.4, 0.5) is 4.39 Å². The van der Waals surface area contributed by atoms with Gasteiger partial charge in [-0.3, -0.25) is 4.79 Å². The molecular weight excluding hydrogens is 297 g/mol. The maximum absolute atomic E-state index is 13.4. The number of amides is 1. The summed E-state index contributed by atoms with van der Waals surface area (Å²) in [7, 11) is 0. The van der Waals surface area contributed by atoms with E-state index in [4.69, 9.17) is 0 Å². The van der Waals surface area contributed by atoms with Gasteiger partial charge in [-0.2, -0.15) is 0 Å². The van der Waals surface area contributed by atoms with Crippen LogP contribution in [0.25, 0.3) is 6.08 Å². The Kier molecular flexibility index (Phi) is 5.63. The lowest BCUT2D eigenvalue weighted by Gasteiger charge is -2.13. The summed E-state index contributed by atoms with van der Waals surface area (Å²) in [5.74, 6) is -2.16. The third-order valence-electron chi connectivity index (χ3n) is 3.22. The van der Waals surface area contributed by atoms with Crippen molar-refractivity contribution < 1.29 is 19.1 Å². The summed E-state index contributed by atoms with van der Waals surface area (Å²) in [4.78, 5) is 23.1. The first-order chi connectivity index (χ1) is 11.1. The van der Waals surface area contributed by atoms with Crippen LogP contribution in [-0.4, -0.2) is 23.0 Å². The number of hydrogen-bond acceptors (Lipinski definition) is 2. The van der Waals surface area contributed by atoms with E-state index in [1.165, 1.54) is 18.2 Å². The number of rotatable bonds is 6. The summed E-state index contributed by atoms with van der Waals surface area (Å²) >= 11 is 0. The third-order valence-corrected chi connectivity index (χ3v) is 3.22. The molecule has 0 aromatic heterocycles. The molecule has 4 nitrogen and oxygen atoms in total. The van der Waals surface area contributed by atoms with Crippen LogP contribution in [-0.2, 0) is 16.0 Å². The number of hydrogen-bond donors (Lipinski definition) is 2. The average molecular weight is 313 g/mol. The second-order valence-electron chi connectivity index (χ2n) is 4.94. The van der Waals surface area contributed by atoms with Crippen LogP contribution in [0.3, 0.4) is 0 Å². The first-order valence-electron chi connectivity index (χ1n) is 7.06. The van der Waals surface area contributed by atoms with Gasteiger partial charge in [0.2, 0.25) is 5.91 Å². The molecule has 1 atom stereocenters. The van der Waals surface area contributed by atoms with Gasteiger partial charge in [-0.25, -0.2) is 9.18 Å². The van der Waals surface area contributed by atoms with E-state index in [1.807, 2.05) is 6.07 Å². The van der Waals surface area contributed by atoms with Gasteiger partial charge in [0.05, 0.1) is 0 Å². The molecule has 0 bridgehead atoms. The predicted molar refractivity (Wildman–Crippen MR) is 85.1 cm³/mol. The van der Waals surface area contributed by atoms with Gasteiger partial charge in [-0.1, -0.05) is 48.5 Å². The van der Waals surface area contributed by atoms with Gasteiger partial charge in [0, 0.05) is 18.1 Å². The zero-order chi connectivity index (χ0) is 16.7. The molecule has 2 aromatic carbocycles. The van der Waals surface area contributed by atoms with Crippen LogP contribution in [0.2, 0.25) is 0 Å². The van der Waals surface area contributed by atoms with Crippen molar-refractivity contribution in [3.8, 4) is 0 Å². The summed E-state index contributed by atoms with van der Waals surface area (Å²) in [6.07, 6.45) is 2.61. The van der Waals surface area contributed by atoms with Crippen molar-refractivity contribution in [1.29, 1.82) is 0 Å². The highest BCUT2D eigenvalue weighted by Gasteiger charge is 2.19. The summed E-state index contributed by atoms with van der Waals surface area (Å²) < 4.78 is 13.4. The van der Waals surface area contributed by atoms with Crippen molar-refractivity contribution in [3.05, 3.63) is 77.6 Å². The van der Waals surface area contributed by atoms with E-state index in [1.54, 1.807) is 36.4 Å². The molecule has 23 heavy (non-hydrogen) atoms. The lowest BCUT2D eigenvalue weighted by Crippen LogP contribution is -2.41. The molecule has 0 aliphatic rings. The van der Waals surface area contributed by atoms with Crippen LogP contribution in [0, 0.1) is 5.82 Å². The van der Waals surface area contributed by atoms with Gasteiger partial charge in [0.15, 0.2) is 0 Å². The molecule has 2 aromatic rings. The zero-order valence-electron chi connectivity index (χ0n) is 12.3. The molecule has 1 unspecified atom stereocenters. The first kappa shape index (κ1) is 16.4. The molecule has 5 heteroatoms. The molecule has 0 heterocycles. The normalized spacial score (nSPS) is 12.0. The standard InChI is InChI=1S/C18H16FNO3/c19-15-9-5-4-8-14(15)10-11-17(21)20-16(18(22)23)12-13-6-2-1-3-7-13/h1-11,16H,12H2,(H,20,21)(H,22,23)/b11-10+. The van der Waals surface area contributed by atoms with Crippen molar-refractivity contribution in [3.63, 3.8) is 0 Å². The smallest absolute Gasteiger partial charge is 0.326 e. The Balaban J connectivity index is 2.01. The molecule has 0 radical (unpaired) electrons. The lowest BCUT2D eigenvalue weighted by atomic mass is 10.1. The largest absolute Gasteiger partial charge is 0.480 e. The van der Waals surface area contributed by atoms with Crippen molar-refractivity contribution in [2.75, 3.05) is 0 Å². The lowest BCUT2D eigenvalue weighted by molar-refractivity contribution is -0.141. The Morgan fingerprint density at radius 1 is 1.09 bits per heavy atom. The SMILES string of the molecule is O=C(/C=C/c1ccccc1F)NC(Cc1ccccc1)C(=O)O. The molecule has 2 N–H and O–H groups in total. The van der Waals surface area contributed by atoms with Crippen LogP contribution >= 0.6 is 0 Å². The minimum Gasteiger partial charge on any atom is -0.480 e. The van der Waals surface area contributed by atoms with Crippen molar-refractivity contribution in [1.82, 2.24) is 5.32 Å². The first-order valence-corrected chi connectivity index (χ1v) is 7.06. The number of halogens is 1. The zero-order valence-corrected chi connectivity index (χ0v) is 12.3. The van der Waals surface area contributed by atoms with E-state index in [0.717, 1.165) is 11.6 Å². The van der Waals surface area contributed by atoms with Crippen LogP contribution in [0.5, 0.6) is 0 Å². The van der Waals surface area contributed by atoms with E-state index in [0.29, 0.717) is 0 Å². The molecule has 0 aliphatic carbocycles. The minimum atomic E-state index is -1.12. The maximum Gasteiger partial charge on any atom is 0.326 e. The maximum atomic E-state index is 13.4. The van der Waals surface area contributed by atoms with Crippen molar-refractivity contribution in [2.45, 2.75) is 12.5 Å². The average Bonchev–Trinajstić information content (AvgIpc) is 2.54. The third kappa shape index (κ3) is 5.07. The topological polar surface area (TPSA) is 66.4 Å². The highest BCUT2D eigenvalue weighted by molar-refractivity contribution is 5.94. The summed E-state index contributed by atoms with van der Waals surface area (Å²) in [5.41, 5.74) is 1.07. The van der Waals surface area contributed by atoms with Gasteiger partial charge in [-0.05, 0) is 17.7 Å². The Morgan fingerprint density at radius 2 is 1.74 bits per heavy atom. The number of carbonyl (C=O) groups excluding carboxylic acids is 1. The van der Waals surface area contributed by atoms with Gasteiger partial charge in [-0.15, -0.1) is 0 Å². The number of benzene rings is 2. The predicted octanol–water partition coefficient (Wildman–Crippen LogP) is 2.65. The van der Waals surface area contributed by atoms with Crippen LogP contribution < -0.4 is 5.32 Å². The van der Waals surface area contributed by atoms with E-state index >= 15 is 0 Å². The van der Waals surface area contributed by atoms with Crippen molar-refractivity contribution in [2.24, 2.45) is 0 Å². The second-order valence-corrected chi connectivity index (χ2v) is 4.94. The Labute approximate surface area is 133 Å². The Bertz CT molecular complexity index is 713. The number of carbonyl (C=O) groups is 2. The summed E-state index contributed by atoms with van der Waals surface area (Å²) in [6.45, 7) is 0. The van der Waals surface area contributed by atoms with Crippen LogP contribution in [0.1, 0.15) is 11.1 Å². The molecule has 0 saturated carbocycles. The molecule has 0 aliphatic heterocycles. The summed E-state index contributed by atoms with van der Waals surface area (Å²) in [6, 6.07) is 14.0. The number of carboxylic acids is 1. The number of carboxylic acid groups (broad SMARTS) is 1. The fraction of sp³-hybridized carbons (Fsp3) is 0.111. The second kappa shape index (κ2) is 7.89. The number of aliphatic carboxylic acids is 1. The molecule has 2 rings (SSSR count). The molecule has 1 amide bonds. The molecular formula is C18H16FNO3. The van der Waals surface area contributed by atoms with Gasteiger partial charge < -0.3 is 10.4 Å². The molecule has 0 spiro atoms. The van der Waals surface area contributed by atoms with E-state index in [2.05, 4.69) is 5.32 Å². The Hall–Kier alpha value is -2.95. The van der Waals surface area contributed by atoms with E-state index in [-0.39, 0.29) is 12.0 Å². The van der Waals surface area contributed by atoms with Crippen molar-refractivity contribution >= 4 is 18.0 Å². The molecule has 0 saturated heterocycles. The quantitative estimate of drug-likeness (QED) is 0.806. The van der Waals surface area contributed by atoms with Gasteiger partial charge in [0.1, 0.15) is 11.9 Å². The fourth-order valence-corrected chi connectivity index (χ4v) is 2.05. The summed E-state index contributed by atoms with van der Waals surface area (Å²) in [5, 5.41) is 11.6. The highest BCUT2D eigenvalue weighted by Crippen LogP contribution is 2.08. The van der Waals surface area contributed by atoms with Crippen LogP contribution in [0.15, 0.2) is 60.7 Å². The monoisotopic (exact) mass is 313 g/mol.